The van der Waals surface area contributed by atoms with Gasteiger partial charge >= 0.3 is 5.97 Å². The third-order valence-electron chi connectivity index (χ3n) is 5.02. The molecule has 0 spiro atoms. The average molecular weight is 479 g/mol. The zero-order valence-corrected chi connectivity index (χ0v) is 19.0. The quantitative estimate of drug-likeness (QED) is 0.306. The molecule has 0 atom stereocenters. The number of nitrogens with one attached hydrogen (secondary N) is 1. The van der Waals surface area contributed by atoms with Crippen LogP contribution in [0.3, 0.4) is 0 Å². The first-order valence-electron chi connectivity index (χ1n) is 10.1. The van der Waals surface area contributed by atoms with Crippen LogP contribution in [-0.2, 0) is 9.59 Å². The molecule has 172 valence electrons. The number of rotatable bonds is 7. The second-order valence-electron chi connectivity index (χ2n) is 7.05. The Hall–Kier alpha value is -4.30. The smallest absolute Gasteiger partial charge is 0.343 e. The van der Waals surface area contributed by atoms with E-state index < -0.39 is 17.8 Å². The first-order valence-corrected chi connectivity index (χ1v) is 10.5. The van der Waals surface area contributed by atoms with Crippen molar-refractivity contribution in [3.63, 3.8) is 0 Å². The number of esters is 1. The summed E-state index contributed by atoms with van der Waals surface area (Å²) >= 11 is 6.19. The van der Waals surface area contributed by atoms with E-state index >= 15 is 0 Å². The van der Waals surface area contributed by atoms with Crippen molar-refractivity contribution in [1.29, 1.82) is 0 Å². The number of anilines is 2. The Morgan fingerprint density at radius 1 is 0.794 bits per heavy atom. The van der Waals surface area contributed by atoms with E-state index in [-0.39, 0.29) is 22.0 Å². The molecule has 2 amide bonds. The van der Waals surface area contributed by atoms with E-state index in [1.165, 1.54) is 26.4 Å². The van der Waals surface area contributed by atoms with Gasteiger partial charge in [0.1, 0.15) is 16.5 Å². The van der Waals surface area contributed by atoms with Crippen LogP contribution in [0.4, 0.5) is 11.4 Å². The van der Waals surface area contributed by atoms with Crippen molar-refractivity contribution in [2.75, 3.05) is 24.4 Å². The van der Waals surface area contributed by atoms with Crippen molar-refractivity contribution in [3.8, 4) is 17.2 Å². The Morgan fingerprint density at radius 2 is 1.38 bits per heavy atom. The summed E-state index contributed by atoms with van der Waals surface area (Å²) in [7, 11) is 2.93. The Morgan fingerprint density at radius 3 is 2.03 bits per heavy atom. The first-order chi connectivity index (χ1) is 16.4. The maximum Gasteiger partial charge on any atom is 0.343 e. The van der Waals surface area contributed by atoms with E-state index in [4.69, 9.17) is 25.8 Å². The van der Waals surface area contributed by atoms with Crippen molar-refractivity contribution in [2.45, 2.75) is 0 Å². The minimum atomic E-state index is -0.671. The fourth-order valence-electron chi connectivity index (χ4n) is 3.34. The fourth-order valence-corrected chi connectivity index (χ4v) is 3.55. The van der Waals surface area contributed by atoms with Gasteiger partial charge < -0.3 is 19.5 Å². The molecule has 0 fully saturated rings. The van der Waals surface area contributed by atoms with Gasteiger partial charge in [0.25, 0.3) is 11.8 Å². The van der Waals surface area contributed by atoms with Crippen LogP contribution >= 0.6 is 11.6 Å². The number of benzene rings is 3. The van der Waals surface area contributed by atoms with E-state index in [2.05, 4.69) is 5.32 Å². The van der Waals surface area contributed by atoms with Gasteiger partial charge in [0.15, 0.2) is 11.5 Å². The van der Waals surface area contributed by atoms with E-state index in [1.54, 1.807) is 60.7 Å². The van der Waals surface area contributed by atoms with Crippen molar-refractivity contribution in [3.05, 3.63) is 89.1 Å². The highest BCUT2D eigenvalue weighted by atomic mass is 35.5. The molecule has 9 heteroatoms. The van der Waals surface area contributed by atoms with Gasteiger partial charge in [-0.2, -0.15) is 0 Å². The monoisotopic (exact) mass is 478 g/mol. The molecule has 34 heavy (non-hydrogen) atoms. The number of hydrogen-bond donors (Lipinski definition) is 1. The number of carbonyl (C=O) groups excluding carboxylic acids is 3. The summed E-state index contributed by atoms with van der Waals surface area (Å²) in [6.07, 6.45) is 0. The second kappa shape index (κ2) is 9.68. The van der Waals surface area contributed by atoms with E-state index in [0.29, 0.717) is 22.9 Å². The Bertz CT molecular complexity index is 1300. The molecule has 0 unspecified atom stereocenters. The van der Waals surface area contributed by atoms with Gasteiger partial charge in [-0.3, -0.25) is 9.59 Å². The molecule has 0 aliphatic carbocycles. The van der Waals surface area contributed by atoms with Gasteiger partial charge in [-0.15, -0.1) is 0 Å². The number of methoxy groups -OCH3 is 2. The van der Waals surface area contributed by atoms with Crippen LogP contribution < -0.4 is 24.4 Å². The molecule has 0 saturated heterocycles. The zero-order chi connectivity index (χ0) is 24.2. The molecular weight excluding hydrogens is 460 g/mol. The van der Waals surface area contributed by atoms with Crippen molar-refractivity contribution in [1.82, 2.24) is 0 Å². The number of ether oxygens (including phenoxy) is 3. The molecule has 0 bridgehead atoms. The molecule has 4 rings (SSSR count). The molecule has 0 aromatic heterocycles. The lowest BCUT2D eigenvalue weighted by molar-refractivity contribution is -0.120. The number of nitrogens with zero attached hydrogens (tertiary/aromatic N) is 1. The molecule has 1 aliphatic heterocycles. The molecule has 1 aliphatic rings. The molecule has 1 heterocycles. The summed E-state index contributed by atoms with van der Waals surface area (Å²) in [5, 5.41) is 2.61. The first kappa shape index (κ1) is 22.9. The van der Waals surface area contributed by atoms with Crippen LogP contribution in [0.5, 0.6) is 17.2 Å². The fraction of sp³-hybridized carbons (Fsp3) is 0.0800. The Balaban J connectivity index is 1.50. The lowest BCUT2D eigenvalue weighted by Gasteiger charge is -2.17. The summed E-state index contributed by atoms with van der Waals surface area (Å²) in [6.45, 7) is 0. The van der Waals surface area contributed by atoms with Crippen LogP contribution in [0.15, 0.2) is 83.5 Å². The lowest BCUT2D eigenvalue weighted by atomic mass is 10.2. The van der Waals surface area contributed by atoms with Gasteiger partial charge in [0.05, 0.1) is 25.5 Å². The zero-order valence-electron chi connectivity index (χ0n) is 18.2. The average Bonchev–Trinajstić information content (AvgIpc) is 3.07. The predicted molar refractivity (Wildman–Crippen MR) is 126 cm³/mol. The summed E-state index contributed by atoms with van der Waals surface area (Å²) < 4.78 is 15.8. The number of carbonyl (C=O) groups is 3. The van der Waals surface area contributed by atoms with Crippen LogP contribution in [0.2, 0.25) is 0 Å². The van der Waals surface area contributed by atoms with Crippen LogP contribution in [0, 0.1) is 0 Å². The number of amides is 2. The van der Waals surface area contributed by atoms with E-state index in [0.717, 1.165) is 4.90 Å². The number of halogens is 1. The standard InChI is InChI=1S/C25H19ClN2O6/c1-32-18-8-4-3-7-17(18)28-23(29)21(26)22(24(28)30)27-16-13-11-15(12-14-16)25(31)34-20-10-6-5-9-19(20)33-2/h3-14,27H,1-2H3. The van der Waals surface area contributed by atoms with Crippen molar-refractivity contribution in [2.24, 2.45) is 0 Å². The summed E-state index contributed by atoms with van der Waals surface area (Å²) in [4.78, 5) is 39.1. The van der Waals surface area contributed by atoms with Crippen LogP contribution in [0.1, 0.15) is 10.4 Å². The highest BCUT2D eigenvalue weighted by Gasteiger charge is 2.40. The van der Waals surface area contributed by atoms with E-state index in [1.807, 2.05) is 0 Å². The lowest BCUT2D eigenvalue weighted by Crippen LogP contribution is -2.32. The van der Waals surface area contributed by atoms with Crippen LogP contribution in [-0.4, -0.2) is 32.0 Å². The van der Waals surface area contributed by atoms with Gasteiger partial charge in [0.2, 0.25) is 0 Å². The molecule has 0 radical (unpaired) electrons. The molecule has 3 aromatic rings. The number of para-hydroxylation sites is 4. The molecule has 0 saturated carbocycles. The van der Waals surface area contributed by atoms with Gasteiger partial charge in [-0.05, 0) is 48.5 Å². The van der Waals surface area contributed by atoms with Gasteiger partial charge in [-0.25, -0.2) is 9.69 Å². The van der Waals surface area contributed by atoms with Crippen LogP contribution in [0.25, 0.3) is 0 Å². The third-order valence-corrected chi connectivity index (χ3v) is 5.37. The molecule has 3 aromatic carbocycles. The maximum absolute atomic E-state index is 13.0. The van der Waals surface area contributed by atoms with Crippen molar-refractivity contribution < 1.29 is 28.6 Å². The topological polar surface area (TPSA) is 94.2 Å². The molecular formula is C25H19ClN2O6. The summed E-state index contributed by atoms with van der Waals surface area (Å²) in [6, 6.07) is 19.6. The van der Waals surface area contributed by atoms with Gasteiger partial charge in [0, 0.05) is 5.69 Å². The highest BCUT2D eigenvalue weighted by molar-refractivity contribution is 6.53. The predicted octanol–water partition coefficient (Wildman–Crippen LogP) is 4.36. The van der Waals surface area contributed by atoms with E-state index in [9.17, 15) is 14.4 Å². The maximum atomic E-state index is 13.0. The normalized spacial score (nSPS) is 13.2. The summed E-state index contributed by atoms with van der Waals surface area (Å²) in [5.74, 6) is -0.800. The minimum Gasteiger partial charge on any atom is -0.495 e. The highest BCUT2D eigenvalue weighted by Crippen LogP contribution is 2.35. The van der Waals surface area contributed by atoms with Crippen molar-refractivity contribution >= 4 is 40.8 Å². The number of imide groups is 1. The minimum absolute atomic E-state index is 0.0816. The number of hydrogen-bond acceptors (Lipinski definition) is 7. The van der Waals surface area contributed by atoms with Gasteiger partial charge in [-0.1, -0.05) is 35.9 Å². The third kappa shape index (κ3) is 4.31. The second-order valence-corrected chi connectivity index (χ2v) is 7.43. The molecule has 1 N–H and O–H groups in total. The Kier molecular flexibility index (Phi) is 6.51. The largest absolute Gasteiger partial charge is 0.495 e. The molecule has 8 nitrogen and oxygen atoms in total. The Labute approximate surface area is 200 Å². The SMILES string of the molecule is COc1ccccc1OC(=O)c1ccc(NC2=C(Cl)C(=O)N(c3ccccc3OC)C2=O)cc1. The summed E-state index contributed by atoms with van der Waals surface area (Å²) in [5.41, 5.74) is 0.928.